The number of nitrogens with one attached hydrogen (secondary N) is 1. The molecule has 4 saturated carbocycles. The fourth-order valence-electron chi connectivity index (χ4n) is 14.3. The highest BCUT2D eigenvalue weighted by atomic mass is 16.5. The number of urea groups is 1. The van der Waals surface area contributed by atoms with Crippen LogP contribution in [0.4, 0.5) is 4.79 Å². The summed E-state index contributed by atoms with van der Waals surface area (Å²) in [4.78, 5) is 27.8. The molecule has 2 amide bonds. The Balaban J connectivity index is 1.08. The van der Waals surface area contributed by atoms with E-state index >= 15 is 0 Å². The summed E-state index contributed by atoms with van der Waals surface area (Å²) in [5.74, 6) is 1.70. The second kappa shape index (κ2) is 15.2. The number of nitrogens with zero attached hydrogens (tertiary/aromatic N) is 1. The van der Waals surface area contributed by atoms with E-state index in [4.69, 9.17) is 14.2 Å². The molecule has 0 aromatic heterocycles. The molecule has 8 heteroatoms. The molecule has 1 aliphatic heterocycles. The first kappa shape index (κ1) is 40.5. The maximum absolute atomic E-state index is 14.2. The average molecular weight is 759 g/mol. The number of ether oxygens (including phenoxy) is 3. The third kappa shape index (κ3) is 6.82. The minimum Gasteiger partial charge on any atom is -0.478 e. The van der Waals surface area contributed by atoms with Crippen molar-refractivity contribution in [2.75, 3.05) is 46.6 Å². The van der Waals surface area contributed by atoms with Gasteiger partial charge in [0.05, 0.1) is 38.1 Å². The summed E-state index contributed by atoms with van der Waals surface area (Å²) >= 11 is 0. The molecular weight excluding hydrogens is 689 g/mol. The van der Waals surface area contributed by atoms with E-state index in [0.717, 1.165) is 63.6 Å². The molecule has 9 atom stereocenters. The highest BCUT2D eigenvalue weighted by Gasteiger charge is 2.70. The summed E-state index contributed by atoms with van der Waals surface area (Å²) in [6.07, 6.45) is 14.8. The lowest BCUT2D eigenvalue weighted by Gasteiger charge is -2.72. The number of amides is 2. The molecule has 6 aliphatic rings. The number of piperidine rings is 1. The van der Waals surface area contributed by atoms with Crippen LogP contribution in [0, 0.1) is 51.2 Å². The molecule has 304 valence electrons. The fraction of sp³-hybridized carbons (Fsp3) is 0.745. The van der Waals surface area contributed by atoms with Gasteiger partial charge in [0, 0.05) is 25.7 Å². The van der Waals surface area contributed by atoms with Gasteiger partial charge < -0.3 is 29.5 Å². The van der Waals surface area contributed by atoms with Gasteiger partial charge in [-0.2, -0.15) is 0 Å². The lowest BCUT2D eigenvalue weighted by molar-refractivity contribution is -0.218. The Labute approximate surface area is 331 Å². The molecule has 55 heavy (non-hydrogen) atoms. The van der Waals surface area contributed by atoms with Gasteiger partial charge in [0.1, 0.15) is 0 Å². The van der Waals surface area contributed by atoms with Crippen LogP contribution in [0.5, 0.6) is 0 Å². The SMILES string of the molecule is C=C(C)[C@@H]1CC[C@]2(NC(=O)N3CCC(OCCOCCOC)CC3)CC[C@]3(C)[C@H](CCC4[C@@]5(C)CC=C(c6ccc(C(=O)O)cc6)C(C)(C)[C@@H]5CC[C@]43C)C12. The van der Waals surface area contributed by atoms with E-state index in [-0.39, 0.29) is 39.3 Å². The number of hydrogen-bond acceptors (Lipinski definition) is 5. The van der Waals surface area contributed by atoms with Gasteiger partial charge in [0.25, 0.3) is 0 Å². The van der Waals surface area contributed by atoms with Gasteiger partial charge in [0.2, 0.25) is 0 Å². The van der Waals surface area contributed by atoms with E-state index < -0.39 is 5.97 Å². The van der Waals surface area contributed by atoms with Crippen LogP contribution in [-0.4, -0.2) is 80.3 Å². The van der Waals surface area contributed by atoms with Crippen LogP contribution in [0.1, 0.15) is 128 Å². The lowest BCUT2D eigenvalue weighted by atomic mass is 9.33. The van der Waals surface area contributed by atoms with Crippen molar-refractivity contribution in [1.29, 1.82) is 0 Å². The number of carboxylic acids is 1. The number of fused-ring (bicyclic) bond motifs is 7. The molecule has 1 aromatic rings. The van der Waals surface area contributed by atoms with Crippen LogP contribution in [0.3, 0.4) is 0 Å². The fourth-order valence-corrected chi connectivity index (χ4v) is 14.3. The summed E-state index contributed by atoms with van der Waals surface area (Å²) < 4.78 is 16.7. The Hall–Kier alpha value is -2.68. The molecule has 1 saturated heterocycles. The molecule has 5 aliphatic carbocycles. The summed E-state index contributed by atoms with van der Waals surface area (Å²) in [7, 11) is 1.68. The number of carbonyl (C=O) groups excluding carboxylic acids is 1. The number of hydrogen-bond donors (Lipinski definition) is 2. The second-order valence-corrected chi connectivity index (χ2v) is 19.9. The Morgan fingerprint density at radius 1 is 0.855 bits per heavy atom. The molecular formula is C47H70N2O6. The molecule has 1 aromatic carbocycles. The summed E-state index contributed by atoms with van der Waals surface area (Å²) in [6, 6.07) is 7.68. The molecule has 1 heterocycles. The smallest absolute Gasteiger partial charge is 0.335 e. The number of rotatable bonds is 11. The Kier molecular flexibility index (Phi) is 11.2. The molecule has 0 spiro atoms. The van der Waals surface area contributed by atoms with E-state index in [1.54, 1.807) is 19.2 Å². The lowest BCUT2D eigenvalue weighted by Crippen LogP contribution is -2.69. The van der Waals surface area contributed by atoms with Crippen molar-refractivity contribution in [1.82, 2.24) is 10.2 Å². The van der Waals surface area contributed by atoms with Crippen molar-refractivity contribution in [2.24, 2.45) is 51.2 Å². The largest absolute Gasteiger partial charge is 0.478 e. The third-order valence-corrected chi connectivity index (χ3v) is 17.2. The first-order valence-corrected chi connectivity index (χ1v) is 21.6. The van der Waals surface area contributed by atoms with Crippen molar-refractivity contribution in [2.45, 2.75) is 124 Å². The number of likely N-dealkylation sites (tertiary alicyclic amines) is 1. The van der Waals surface area contributed by atoms with Crippen LogP contribution >= 0.6 is 0 Å². The van der Waals surface area contributed by atoms with Crippen LogP contribution in [-0.2, 0) is 14.2 Å². The predicted molar refractivity (Wildman–Crippen MR) is 218 cm³/mol. The van der Waals surface area contributed by atoms with Crippen molar-refractivity contribution >= 4 is 17.6 Å². The highest BCUT2D eigenvalue weighted by molar-refractivity contribution is 5.88. The normalized spacial score (nSPS) is 38.2. The van der Waals surface area contributed by atoms with Gasteiger partial charge in [-0.3, -0.25) is 0 Å². The topological polar surface area (TPSA) is 97.3 Å². The molecule has 0 radical (unpaired) electrons. The van der Waals surface area contributed by atoms with E-state index in [1.165, 1.54) is 36.8 Å². The molecule has 0 bridgehead atoms. The molecule has 5 fully saturated rings. The standard InChI is InChI=1S/C47H70N2O6/c1-31(2)35-15-22-47(48-42(52)49-25-18-34(19-26-49)55-30-29-54-28-27-53-8)24-23-45(6)37(40(35)47)13-14-39-44(5)20-16-36(32-9-11-33(12-10-32)41(50)51)43(3,4)38(44)17-21-46(39,45)7/h9-12,16,34-35,37-40H,1,13-15,17-30H2,2-8H3,(H,48,52)(H,50,51)/t35-,37+,38-,39?,40?,44-,45+,46+,47-/m0/s1. The maximum Gasteiger partial charge on any atom is 0.335 e. The molecule has 2 N–H and O–H groups in total. The van der Waals surface area contributed by atoms with Gasteiger partial charge in [-0.1, -0.05) is 65.0 Å². The zero-order chi connectivity index (χ0) is 39.4. The number of carboxylic acid groups (broad SMARTS) is 1. The quantitative estimate of drug-likeness (QED) is 0.172. The van der Waals surface area contributed by atoms with Crippen molar-refractivity contribution in [3.8, 4) is 0 Å². The number of benzene rings is 1. The van der Waals surface area contributed by atoms with Crippen molar-refractivity contribution in [3.63, 3.8) is 0 Å². The van der Waals surface area contributed by atoms with E-state index in [1.807, 2.05) is 12.1 Å². The van der Waals surface area contributed by atoms with Gasteiger partial charge in [-0.15, -0.1) is 0 Å². The number of methoxy groups -OCH3 is 1. The predicted octanol–water partition coefficient (Wildman–Crippen LogP) is 9.64. The van der Waals surface area contributed by atoms with Crippen molar-refractivity contribution < 1.29 is 28.9 Å². The van der Waals surface area contributed by atoms with E-state index in [0.29, 0.717) is 61.6 Å². The minimum atomic E-state index is -0.875. The van der Waals surface area contributed by atoms with Gasteiger partial charge in [0.15, 0.2) is 0 Å². The van der Waals surface area contributed by atoms with Crippen LogP contribution < -0.4 is 5.32 Å². The van der Waals surface area contributed by atoms with Gasteiger partial charge >= 0.3 is 12.0 Å². The Bertz CT molecular complexity index is 1630. The molecule has 7 rings (SSSR count). The molecule has 2 unspecified atom stereocenters. The molecule has 8 nitrogen and oxygen atoms in total. The first-order valence-electron chi connectivity index (χ1n) is 21.6. The first-order chi connectivity index (χ1) is 26.1. The zero-order valence-corrected chi connectivity index (χ0v) is 35.0. The highest BCUT2D eigenvalue weighted by Crippen LogP contribution is 2.76. The number of aromatic carboxylic acids is 1. The third-order valence-electron chi connectivity index (χ3n) is 17.2. The summed E-state index contributed by atoms with van der Waals surface area (Å²) in [5, 5.41) is 13.3. The maximum atomic E-state index is 14.2. The number of carbonyl (C=O) groups is 2. The second-order valence-electron chi connectivity index (χ2n) is 19.9. The zero-order valence-electron chi connectivity index (χ0n) is 35.0. The van der Waals surface area contributed by atoms with Crippen LogP contribution in [0.15, 0.2) is 42.5 Å². The Morgan fingerprint density at radius 2 is 1.56 bits per heavy atom. The van der Waals surface area contributed by atoms with Crippen molar-refractivity contribution in [3.05, 3.63) is 53.6 Å². The van der Waals surface area contributed by atoms with Gasteiger partial charge in [-0.05, 0) is 152 Å². The average Bonchev–Trinajstić information content (AvgIpc) is 3.53. The summed E-state index contributed by atoms with van der Waals surface area (Å²) in [5.41, 5.74) is 4.57. The van der Waals surface area contributed by atoms with E-state index in [9.17, 15) is 14.7 Å². The van der Waals surface area contributed by atoms with Crippen LogP contribution in [0.25, 0.3) is 5.57 Å². The monoisotopic (exact) mass is 759 g/mol. The van der Waals surface area contributed by atoms with E-state index in [2.05, 4.69) is 64.4 Å². The van der Waals surface area contributed by atoms with Crippen LogP contribution in [0.2, 0.25) is 0 Å². The Morgan fingerprint density at radius 3 is 2.24 bits per heavy atom. The summed E-state index contributed by atoms with van der Waals surface area (Å²) in [6.45, 7) is 23.5. The number of allylic oxidation sites excluding steroid dienone is 3. The minimum absolute atomic E-state index is 0.0155. The van der Waals surface area contributed by atoms with Gasteiger partial charge in [-0.25, -0.2) is 9.59 Å².